The Morgan fingerprint density at radius 3 is 2.00 bits per heavy atom. The minimum Gasteiger partial charge on any atom is -0.444 e. The van der Waals surface area contributed by atoms with Crippen molar-refractivity contribution < 1.29 is 27.2 Å². The zero-order valence-electron chi connectivity index (χ0n) is 15.5. The highest BCUT2D eigenvalue weighted by atomic mass is 32.2. The van der Waals surface area contributed by atoms with Crippen LogP contribution in [0.4, 0.5) is 0 Å². The summed E-state index contributed by atoms with van der Waals surface area (Å²) in [6.07, 6.45) is 13.9. The van der Waals surface area contributed by atoms with Gasteiger partial charge in [0.2, 0.25) is 0 Å². The second-order valence-electron chi connectivity index (χ2n) is 5.86. The fraction of sp³-hybridized carbons (Fsp3) is 0.889. The van der Waals surface area contributed by atoms with Crippen molar-refractivity contribution in [1.82, 2.24) is 0 Å². The molecule has 0 atom stereocenters. The van der Waals surface area contributed by atoms with E-state index in [2.05, 4.69) is 19.0 Å². The highest BCUT2D eigenvalue weighted by molar-refractivity contribution is 7.85. The van der Waals surface area contributed by atoms with E-state index in [1.165, 1.54) is 44.9 Å². The summed E-state index contributed by atoms with van der Waals surface area (Å²) in [7, 11) is -3.95. The van der Waals surface area contributed by atoms with E-state index in [0.29, 0.717) is 19.8 Å². The van der Waals surface area contributed by atoms with Gasteiger partial charge in [-0.25, -0.2) is 0 Å². The van der Waals surface area contributed by atoms with Gasteiger partial charge in [0.05, 0.1) is 32.2 Å². The molecule has 0 aliphatic carbocycles. The van der Waals surface area contributed by atoms with Gasteiger partial charge in [0, 0.05) is 6.42 Å². The SMILES string of the molecule is CCCCCCCCCCC#COCCOCCOCCS(=O)(=O)O. The molecule has 25 heavy (non-hydrogen) atoms. The molecule has 148 valence electrons. The van der Waals surface area contributed by atoms with Crippen LogP contribution in [-0.2, 0) is 24.3 Å². The molecule has 7 heteroatoms. The van der Waals surface area contributed by atoms with E-state index in [9.17, 15) is 8.42 Å². The van der Waals surface area contributed by atoms with Crippen molar-refractivity contribution in [2.75, 3.05) is 38.8 Å². The lowest BCUT2D eigenvalue weighted by molar-refractivity contribution is 0.0369. The topological polar surface area (TPSA) is 82.1 Å². The van der Waals surface area contributed by atoms with E-state index in [1.807, 2.05) is 0 Å². The molecule has 0 bridgehead atoms. The Labute approximate surface area is 153 Å². The van der Waals surface area contributed by atoms with Crippen molar-refractivity contribution >= 4 is 10.1 Å². The molecule has 0 aromatic heterocycles. The predicted molar refractivity (Wildman–Crippen MR) is 99.0 cm³/mol. The molecular formula is C18H34O6S. The molecule has 0 spiro atoms. The minimum atomic E-state index is -3.95. The second-order valence-corrected chi connectivity index (χ2v) is 7.44. The highest BCUT2D eigenvalue weighted by Gasteiger charge is 2.02. The van der Waals surface area contributed by atoms with Crippen molar-refractivity contribution in [3.63, 3.8) is 0 Å². The van der Waals surface area contributed by atoms with E-state index >= 15 is 0 Å². The largest absolute Gasteiger partial charge is 0.444 e. The predicted octanol–water partition coefficient (Wildman–Crippen LogP) is 3.42. The molecule has 0 aromatic rings. The molecule has 6 nitrogen and oxygen atoms in total. The lowest BCUT2D eigenvalue weighted by Crippen LogP contribution is -2.14. The van der Waals surface area contributed by atoms with Gasteiger partial charge < -0.3 is 14.2 Å². The van der Waals surface area contributed by atoms with Crippen LogP contribution in [0.25, 0.3) is 0 Å². The Hall–Kier alpha value is -0.810. The van der Waals surface area contributed by atoms with E-state index in [1.54, 1.807) is 0 Å². The number of unbranched alkanes of at least 4 members (excludes halogenated alkanes) is 8. The van der Waals surface area contributed by atoms with Crippen LogP contribution in [0.1, 0.15) is 64.7 Å². The van der Waals surface area contributed by atoms with Crippen LogP contribution in [0.5, 0.6) is 0 Å². The summed E-state index contributed by atoms with van der Waals surface area (Å²) < 4.78 is 44.7. The summed E-state index contributed by atoms with van der Waals surface area (Å²) in [5.41, 5.74) is 0. The Bertz CT molecular complexity index is 438. The molecular weight excluding hydrogens is 344 g/mol. The van der Waals surface area contributed by atoms with E-state index in [-0.39, 0.29) is 13.2 Å². The number of hydrogen-bond acceptors (Lipinski definition) is 5. The summed E-state index contributed by atoms with van der Waals surface area (Å²) in [6, 6.07) is 0. The Balaban J connectivity index is 3.17. The van der Waals surface area contributed by atoms with Crippen molar-refractivity contribution in [3.8, 4) is 12.0 Å². The normalized spacial score (nSPS) is 11.1. The summed E-state index contributed by atoms with van der Waals surface area (Å²) in [4.78, 5) is 0. The van der Waals surface area contributed by atoms with Crippen LogP contribution >= 0.6 is 0 Å². The molecule has 0 saturated carbocycles. The van der Waals surface area contributed by atoms with Crippen molar-refractivity contribution in [1.29, 1.82) is 0 Å². The first-order valence-corrected chi connectivity index (χ1v) is 10.9. The van der Waals surface area contributed by atoms with Crippen LogP contribution in [-0.4, -0.2) is 51.8 Å². The van der Waals surface area contributed by atoms with Crippen LogP contribution in [0.15, 0.2) is 0 Å². The van der Waals surface area contributed by atoms with Crippen LogP contribution < -0.4 is 0 Å². The average molecular weight is 379 g/mol. The van der Waals surface area contributed by atoms with Gasteiger partial charge >= 0.3 is 0 Å². The van der Waals surface area contributed by atoms with Gasteiger partial charge in [0.1, 0.15) is 12.7 Å². The maximum Gasteiger partial charge on any atom is 0.267 e. The molecule has 0 rings (SSSR count). The van der Waals surface area contributed by atoms with Crippen molar-refractivity contribution in [2.24, 2.45) is 0 Å². The fourth-order valence-electron chi connectivity index (χ4n) is 2.09. The summed E-state index contributed by atoms with van der Waals surface area (Å²) in [5, 5.41) is 0. The number of rotatable bonds is 17. The second kappa shape index (κ2) is 18.0. The summed E-state index contributed by atoms with van der Waals surface area (Å²) in [6.45, 7) is 3.63. The fourth-order valence-corrected chi connectivity index (χ4v) is 2.42. The molecule has 1 N–H and O–H groups in total. The molecule has 0 aliphatic rings. The van der Waals surface area contributed by atoms with Gasteiger partial charge in [-0.2, -0.15) is 8.42 Å². The Morgan fingerprint density at radius 1 is 0.800 bits per heavy atom. The van der Waals surface area contributed by atoms with E-state index in [0.717, 1.165) is 12.8 Å². The van der Waals surface area contributed by atoms with Crippen LogP contribution in [0.3, 0.4) is 0 Å². The quantitative estimate of drug-likeness (QED) is 0.237. The third-order valence-corrected chi connectivity index (χ3v) is 4.17. The van der Waals surface area contributed by atoms with Gasteiger partial charge in [-0.05, 0) is 6.42 Å². The molecule has 0 heterocycles. The molecule has 0 aliphatic heterocycles. The number of hydrogen-bond donors (Lipinski definition) is 1. The third kappa shape index (κ3) is 23.2. The standard InChI is InChI=1S/C18H34O6S/c1-2-3-4-5-6-7-8-9-10-11-12-22-13-14-23-15-16-24-17-18-25(19,20)21/h2-10,13-18H2,1H3,(H,19,20,21). The molecule has 0 unspecified atom stereocenters. The van der Waals surface area contributed by atoms with Gasteiger partial charge in [-0.1, -0.05) is 57.8 Å². The van der Waals surface area contributed by atoms with Gasteiger partial charge in [-0.15, -0.1) is 0 Å². The highest BCUT2D eigenvalue weighted by Crippen LogP contribution is 2.09. The lowest BCUT2D eigenvalue weighted by Gasteiger charge is -2.04. The van der Waals surface area contributed by atoms with E-state index in [4.69, 9.17) is 18.8 Å². The zero-order chi connectivity index (χ0) is 18.6. The first-order valence-electron chi connectivity index (χ1n) is 9.26. The van der Waals surface area contributed by atoms with Crippen molar-refractivity contribution in [3.05, 3.63) is 0 Å². The maximum absolute atomic E-state index is 10.4. The van der Waals surface area contributed by atoms with Crippen LogP contribution in [0, 0.1) is 12.0 Å². The first-order chi connectivity index (χ1) is 12.1. The molecule has 0 aromatic carbocycles. The smallest absolute Gasteiger partial charge is 0.267 e. The lowest BCUT2D eigenvalue weighted by atomic mass is 10.1. The summed E-state index contributed by atoms with van der Waals surface area (Å²) in [5.74, 6) is 2.60. The van der Waals surface area contributed by atoms with Gasteiger partial charge in [0.15, 0.2) is 0 Å². The van der Waals surface area contributed by atoms with Gasteiger partial charge in [0.25, 0.3) is 10.1 Å². The maximum atomic E-state index is 10.4. The molecule has 0 saturated heterocycles. The Morgan fingerprint density at radius 2 is 1.36 bits per heavy atom. The molecule has 0 amide bonds. The van der Waals surface area contributed by atoms with E-state index < -0.39 is 15.9 Å². The van der Waals surface area contributed by atoms with Crippen LogP contribution in [0.2, 0.25) is 0 Å². The average Bonchev–Trinajstić information content (AvgIpc) is 2.56. The zero-order valence-corrected chi connectivity index (χ0v) is 16.3. The number of ether oxygens (including phenoxy) is 3. The van der Waals surface area contributed by atoms with Gasteiger partial charge in [-0.3, -0.25) is 4.55 Å². The summed E-state index contributed by atoms with van der Waals surface area (Å²) >= 11 is 0. The molecule has 0 fully saturated rings. The first kappa shape index (κ1) is 24.2. The minimum absolute atomic E-state index is 0.0388. The third-order valence-electron chi connectivity index (χ3n) is 3.49. The molecule has 0 radical (unpaired) electrons. The van der Waals surface area contributed by atoms with Crippen molar-refractivity contribution in [2.45, 2.75) is 64.7 Å². The monoisotopic (exact) mass is 378 g/mol. The Kier molecular flexibility index (Phi) is 17.4.